The van der Waals surface area contributed by atoms with Gasteiger partial charge in [-0.25, -0.2) is 4.79 Å². The van der Waals surface area contributed by atoms with E-state index in [9.17, 15) is 18.4 Å². The molecule has 0 aromatic heterocycles. The van der Waals surface area contributed by atoms with E-state index in [2.05, 4.69) is 5.32 Å². The Morgan fingerprint density at radius 1 is 1.20 bits per heavy atom. The normalized spacial score (nSPS) is 16.7. The Morgan fingerprint density at radius 2 is 1.94 bits per heavy atom. The number of anilines is 1. The van der Waals surface area contributed by atoms with E-state index in [1.165, 1.54) is 6.07 Å². The standard InChI is InChI=1S/C26H23ClF2N4O2/c1-17-11-22(27)14-21(23(17)31-24(34)20-4-2-3-19(13-20)15-30)12-18-5-8-32(9-6-18)25(35)33-10-7-26(28,29)16-33/h2-4,7,10-14H,5-6,8-9,16H2,1H3,(H,31,34). The van der Waals surface area contributed by atoms with Crippen LogP contribution in [0.25, 0.3) is 6.08 Å². The van der Waals surface area contributed by atoms with Crippen molar-refractivity contribution in [1.29, 1.82) is 5.26 Å². The molecule has 3 amide bonds. The molecular formula is C26H23ClF2N4O2. The summed E-state index contributed by atoms with van der Waals surface area (Å²) >= 11 is 6.29. The number of nitrogens with zero attached hydrogens (tertiary/aromatic N) is 3. The summed E-state index contributed by atoms with van der Waals surface area (Å²) < 4.78 is 26.8. The largest absolute Gasteiger partial charge is 0.324 e. The summed E-state index contributed by atoms with van der Waals surface area (Å²) in [5.74, 6) is -3.33. The molecule has 0 saturated carbocycles. The van der Waals surface area contributed by atoms with Gasteiger partial charge in [0.2, 0.25) is 0 Å². The van der Waals surface area contributed by atoms with Gasteiger partial charge in [0.15, 0.2) is 0 Å². The molecule has 2 aliphatic heterocycles. The quantitative estimate of drug-likeness (QED) is 0.580. The van der Waals surface area contributed by atoms with Crippen molar-refractivity contribution in [3.05, 3.63) is 81.5 Å². The predicted octanol–water partition coefficient (Wildman–Crippen LogP) is 5.84. The number of likely N-dealkylation sites (tertiary alicyclic amines) is 1. The summed E-state index contributed by atoms with van der Waals surface area (Å²) in [6.07, 6.45) is 4.98. The average molecular weight is 497 g/mol. The van der Waals surface area contributed by atoms with Crippen LogP contribution in [-0.4, -0.2) is 47.3 Å². The van der Waals surface area contributed by atoms with Crippen LogP contribution in [0.5, 0.6) is 0 Å². The second-order valence-electron chi connectivity index (χ2n) is 8.61. The third-order valence-corrected chi connectivity index (χ3v) is 6.20. The van der Waals surface area contributed by atoms with E-state index in [1.807, 2.05) is 19.1 Å². The van der Waals surface area contributed by atoms with Gasteiger partial charge in [-0.1, -0.05) is 29.3 Å². The van der Waals surface area contributed by atoms with Gasteiger partial charge < -0.3 is 10.2 Å². The summed E-state index contributed by atoms with van der Waals surface area (Å²) in [5, 5.41) is 12.6. The van der Waals surface area contributed by atoms with E-state index in [1.54, 1.807) is 35.2 Å². The molecule has 0 bridgehead atoms. The van der Waals surface area contributed by atoms with Gasteiger partial charge in [0, 0.05) is 36.0 Å². The molecule has 0 atom stereocenters. The number of amides is 3. The van der Waals surface area contributed by atoms with Gasteiger partial charge in [0.05, 0.1) is 23.9 Å². The monoisotopic (exact) mass is 496 g/mol. The summed E-state index contributed by atoms with van der Waals surface area (Å²) in [5.41, 5.74) is 3.94. The highest BCUT2D eigenvalue weighted by atomic mass is 35.5. The number of benzene rings is 2. The lowest BCUT2D eigenvalue weighted by molar-refractivity contribution is 0.0458. The zero-order valence-corrected chi connectivity index (χ0v) is 19.8. The molecule has 1 saturated heterocycles. The van der Waals surface area contributed by atoms with Crippen molar-refractivity contribution in [2.45, 2.75) is 25.7 Å². The van der Waals surface area contributed by atoms with Crippen molar-refractivity contribution in [2.75, 3.05) is 25.0 Å². The van der Waals surface area contributed by atoms with Gasteiger partial charge in [-0.15, -0.1) is 0 Å². The molecule has 35 heavy (non-hydrogen) atoms. The fourth-order valence-electron chi connectivity index (χ4n) is 4.16. The fourth-order valence-corrected chi connectivity index (χ4v) is 4.44. The molecule has 2 aliphatic rings. The van der Waals surface area contributed by atoms with Gasteiger partial charge in [0.1, 0.15) is 0 Å². The molecule has 2 aromatic carbocycles. The number of nitrogens with one attached hydrogen (secondary N) is 1. The molecule has 1 fully saturated rings. The van der Waals surface area contributed by atoms with Gasteiger partial charge in [-0.2, -0.15) is 14.0 Å². The number of alkyl halides is 2. The van der Waals surface area contributed by atoms with Crippen LogP contribution in [-0.2, 0) is 0 Å². The third kappa shape index (κ3) is 5.69. The van der Waals surface area contributed by atoms with Crippen LogP contribution in [0.4, 0.5) is 19.3 Å². The van der Waals surface area contributed by atoms with Crippen molar-refractivity contribution in [3.8, 4) is 6.07 Å². The van der Waals surface area contributed by atoms with Crippen molar-refractivity contribution in [3.63, 3.8) is 0 Å². The maximum absolute atomic E-state index is 13.4. The minimum atomic E-state index is -2.99. The van der Waals surface area contributed by atoms with Crippen LogP contribution in [0.1, 0.15) is 39.9 Å². The maximum Gasteiger partial charge on any atom is 0.324 e. The Kier molecular flexibility index (Phi) is 6.90. The zero-order valence-electron chi connectivity index (χ0n) is 19.0. The Hall–Kier alpha value is -3.70. The molecule has 0 aliphatic carbocycles. The van der Waals surface area contributed by atoms with Crippen molar-refractivity contribution in [1.82, 2.24) is 9.80 Å². The predicted molar refractivity (Wildman–Crippen MR) is 130 cm³/mol. The van der Waals surface area contributed by atoms with Gasteiger partial charge in [-0.05, 0) is 61.2 Å². The Labute approximate surface area is 207 Å². The molecule has 0 spiro atoms. The number of rotatable bonds is 3. The highest BCUT2D eigenvalue weighted by molar-refractivity contribution is 6.31. The van der Waals surface area contributed by atoms with E-state index in [0.717, 1.165) is 33.9 Å². The van der Waals surface area contributed by atoms with E-state index >= 15 is 0 Å². The number of aryl methyl sites for hydroxylation is 1. The molecule has 2 aromatic rings. The molecule has 180 valence electrons. The molecule has 1 N–H and O–H groups in total. The number of halogens is 3. The van der Waals surface area contributed by atoms with Crippen LogP contribution in [0.3, 0.4) is 0 Å². The summed E-state index contributed by atoms with van der Waals surface area (Å²) in [4.78, 5) is 28.0. The first kappa shape index (κ1) is 24.4. The number of hydrogen-bond donors (Lipinski definition) is 1. The smallest absolute Gasteiger partial charge is 0.324 e. The van der Waals surface area contributed by atoms with Crippen LogP contribution < -0.4 is 5.32 Å². The molecule has 9 heteroatoms. The summed E-state index contributed by atoms with van der Waals surface area (Å²) in [6, 6.07) is 11.6. The highest BCUT2D eigenvalue weighted by Gasteiger charge is 2.37. The molecule has 0 radical (unpaired) electrons. The SMILES string of the molecule is Cc1cc(Cl)cc(C=C2CCN(C(=O)N3C=CC(F)(F)C3)CC2)c1NC(=O)c1cccc(C#N)c1. The first-order chi connectivity index (χ1) is 16.6. The Morgan fingerprint density at radius 3 is 2.60 bits per heavy atom. The van der Waals surface area contributed by atoms with Crippen LogP contribution in [0, 0.1) is 18.3 Å². The number of carbonyl (C=O) groups is 2. The van der Waals surface area contributed by atoms with E-state index in [4.69, 9.17) is 16.9 Å². The minimum absolute atomic E-state index is 0.344. The van der Waals surface area contributed by atoms with Gasteiger partial charge in [-0.3, -0.25) is 9.69 Å². The molecule has 2 heterocycles. The topological polar surface area (TPSA) is 76.4 Å². The molecule has 6 nitrogen and oxygen atoms in total. The molecule has 4 rings (SSSR count). The van der Waals surface area contributed by atoms with E-state index in [-0.39, 0.29) is 5.91 Å². The van der Waals surface area contributed by atoms with Gasteiger partial charge in [0.25, 0.3) is 11.8 Å². The summed E-state index contributed by atoms with van der Waals surface area (Å²) in [7, 11) is 0. The van der Waals surface area contributed by atoms with Crippen molar-refractivity contribution in [2.24, 2.45) is 0 Å². The molecule has 0 unspecified atom stereocenters. The Bertz CT molecular complexity index is 1270. The third-order valence-electron chi connectivity index (χ3n) is 5.98. The zero-order chi connectivity index (χ0) is 25.2. The number of hydrogen-bond acceptors (Lipinski definition) is 3. The lowest BCUT2D eigenvalue weighted by Crippen LogP contribution is -2.44. The fraction of sp³-hybridized carbons (Fsp3) is 0.269. The minimum Gasteiger partial charge on any atom is -0.324 e. The lowest BCUT2D eigenvalue weighted by Gasteiger charge is -2.31. The first-order valence-electron chi connectivity index (χ1n) is 11.1. The maximum atomic E-state index is 13.4. The van der Waals surface area contributed by atoms with Crippen LogP contribution >= 0.6 is 11.6 Å². The first-order valence-corrected chi connectivity index (χ1v) is 11.5. The Balaban J connectivity index is 1.49. The van der Waals surface area contributed by atoms with Crippen LogP contribution in [0.2, 0.25) is 5.02 Å². The molecular weight excluding hydrogens is 474 g/mol. The number of urea groups is 1. The van der Waals surface area contributed by atoms with Crippen molar-refractivity contribution >= 4 is 35.3 Å². The number of carbonyl (C=O) groups excluding carboxylic acids is 2. The number of nitriles is 1. The summed E-state index contributed by atoms with van der Waals surface area (Å²) in [6.45, 7) is 2.02. The van der Waals surface area contributed by atoms with E-state index in [0.29, 0.717) is 47.8 Å². The van der Waals surface area contributed by atoms with Crippen molar-refractivity contribution < 1.29 is 18.4 Å². The van der Waals surface area contributed by atoms with E-state index < -0.39 is 18.5 Å². The van der Waals surface area contributed by atoms with Crippen LogP contribution in [0.15, 0.2) is 54.2 Å². The lowest BCUT2D eigenvalue weighted by atomic mass is 9.98. The van der Waals surface area contributed by atoms with Gasteiger partial charge >= 0.3 is 6.03 Å². The highest BCUT2D eigenvalue weighted by Crippen LogP contribution is 2.31. The second-order valence-corrected chi connectivity index (χ2v) is 9.05. The number of piperidine rings is 1. The second kappa shape index (κ2) is 9.88. The average Bonchev–Trinajstić information content (AvgIpc) is 3.20.